The minimum absolute atomic E-state index is 0.190. The van der Waals surface area contributed by atoms with Crippen molar-refractivity contribution >= 4 is 15.7 Å². The number of nitrogen functional groups attached to an aromatic ring is 1. The molecule has 1 aliphatic rings. The molecule has 0 atom stereocenters. The highest BCUT2D eigenvalue weighted by atomic mass is 32.2. The van der Waals surface area contributed by atoms with Crippen LogP contribution in [0, 0.1) is 0 Å². The summed E-state index contributed by atoms with van der Waals surface area (Å²) in [6.07, 6.45) is 6.16. The Bertz CT molecular complexity index is 525. The molecule has 0 aliphatic heterocycles. The molecule has 5 nitrogen and oxygen atoms in total. The molecule has 0 heterocycles. The smallest absolute Gasteiger partial charge is 0.240 e. The van der Waals surface area contributed by atoms with Crippen molar-refractivity contribution < 1.29 is 13.2 Å². The Morgan fingerprint density at radius 2 is 2.00 bits per heavy atom. The van der Waals surface area contributed by atoms with E-state index in [4.69, 9.17) is 10.5 Å². The number of hydrogen-bond acceptors (Lipinski definition) is 4. The molecule has 112 valence electrons. The average molecular weight is 298 g/mol. The van der Waals surface area contributed by atoms with Crippen LogP contribution in [0.25, 0.3) is 0 Å². The van der Waals surface area contributed by atoms with Gasteiger partial charge in [0.05, 0.1) is 17.6 Å². The highest BCUT2D eigenvalue weighted by Gasteiger charge is 2.15. The van der Waals surface area contributed by atoms with E-state index in [1.807, 2.05) is 0 Å². The van der Waals surface area contributed by atoms with E-state index >= 15 is 0 Å². The summed E-state index contributed by atoms with van der Waals surface area (Å²) >= 11 is 0. The van der Waals surface area contributed by atoms with Crippen molar-refractivity contribution in [2.45, 2.75) is 43.1 Å². The Morgan fingerprint density at radius 3 is 2.70 bits per heavy atom. The van der Waals surface area contributed by atoms with Gasteiger partial charge in [-0.05, 0) is 31.0 Å². The Kier molecular flexibility index (Phi) is 5.39. The Hall–Kier alpha value is -1.11. The summed E-state index contributed by atoms with van der Waals surface area (Å²) in [5, 5.41) is 0. The van der Waals surface area contributed by atoms with Crippen molar-refractivity contribution in [2.75, 3.05) is 18.9 Å². The Morgan fingerprint density at radius 1 is 1.25 bits per heavy atom. The van der Waals surface area contributed by atoms with Gasteiger partial charge in [0, 0.05) is 12.2 Å². The van der Waals surface area contributed by atoms with Gasteiger partial charge < -0.3 is 10.5 Å². The summed E-state index contributed by atoms with van der Waals surface area (Å²) in [5.74, 6) is 0. The second-order valence-corrected chi connectivity index (χ2v) is 6.87. The zero-order chi connectivity index (χ0) is 14.4. The zero-order valence-corrected chi connectivity index (χ0v) is 12.4. The fraction of sp³-hybridized carbons (Fsp3) is 0.571. The van der Waals surface area contributed by atoms with Crippen molar-refractivity contribution in [2.24, 2.45) is 0 Å². The molecule has 1 aromatic carbocycles. The molecule has 1 saturated carbocycles. The van der Waals surface area contributed by atoms with E-state index in [1.54, 1.807) is 12.1 Å². The predicted molar refractivity (Wildman–Crippen MR) is 78.9 cm³/mol. The van der Waals surface area contributed by atoms with Crippen LogP contribution in [-0.4, -0.2) is 27.7 Å². The van der Waals surface area contributed by atoms with E-state index in [-0.39, 0.29) is 11.4 Å². The highest BCUT2D eigenvalue weighted by molar-refractivity contribution is 7.89. The van der Waals surface area contributed by atoms with E-state index < -0.39 is 10.0 Å². The standard InChI is InChI=1S/C14H22N2O3S/c15-12-5-4-8-14(11-12)20(17,18)16-9-10-19-13-6-2-1-3-7-13/h4-5,8,11,13,16H,1-3,6-7,9-10,15H2. The molecule has 0 bridgehead atoms. The normalized spacial score (nSPS) is 17.2. The van der Waals surface area contributed by atoms with Gasteiger partial charge in [0.15, 0.2) is 0 Å². The van der Waals surface area contributed by atoms with E-state index in [2.05, 4.69) is 4.72 Å². The molecule has 20 heavy (non-hydrogen) atoms. The number of ether oxygens (including phenoxy) is 1. The monoisotopic (exact) mass is 298 g/mol. The molecule has 1 aromatic rings. The van der Waals surface area contributed by atoms with Crippen LogP contribution in [-0.2, 0) is 14.8 Å². The SMILES string of the molecule is Nc1cccc(S(=O)(=O)NCCOC2CCCCC2)c1. The Labute approximate surface area is 120 Å². The molecule has 0 aromatic heterocycles. The molecule has 0 saturated heterocycles. The van der Waals surface area contributed by atoms with Gasteiger partial charge in [-0.3, -0.25) is 0 Å². The molecule has 3 N–H and O–H groups in total. The van der Waals surface area contributed by atoms with Crippen molar-refractivity contribution in [1.82, 2.24) is 4.72 Å². The van der Waals surface area contributed by atoms with Crippen LogP contribution in [0.1, 0.15) is 32.1 Å². The molecule has 0 spiro atoms. The summed E-state index contributed by atoms with van der Waals surface area (Å²) in [7, 11) is -3.50. The van der Waals surface area contributed by atoms with Gasteiger partial charge in [-0.15, -0.1) is 0 Å². The minimum atomic E-state index is -3.50. The molecule has 1 aliphatic carbocycles. The van der Waals surface area contributed by atoms with Crippen molar-refractivity contribution in [3.63, 3.8) is 0 Å². The molecule has 0 unspecified atom stereocenters. The van der Waals surface area contributed by atoms with Crippen molar-refractivity contribution in [3.05, 3.63) is 24.3 Å². The van der Waals surface area contributed by atoms with E-state index in [0.717, 1.165) is 12.8 Å². The lowest BCUT2D eigenvalue weighted by Gasteiger charge is -2.22. The van der Waals surface area contributed by atoms with Crippen LogP contribution < -0.4 is 10.5 Å². The van der Waals surface area contributed by atoms with Crippen molar-refractivity contribution in [3.8, 4) is 0 Å². The first-order chi connectivity index (χ1) is 9.58. The van der Waals surface area contributed by atoms with Gasteiger partial charge in [0.2, 0.25) is 10.0 Å². The lowest BCUT2D eigenvalue weighted by molar-refractivity contribution is 0.0321. The summed E-state index contributed by atoms with van der Waals surface area (Å²) in [5.41, 5.74) is 6.03. The van der Waals surface area contributed by atoms with Crippen molar-refractivity contribution in [1.29, 1.82) is 0 Å². The number of nitrogens with one attached hydrogen (secondary N) is 1. The number of nitrogens with two attached hydrogens (primary N) is 1. The average Bonchev–Trinajstić information content (AvgIpc) is 2.45. The molecule has 0 amide bonds. The summed E-state index contributed by atoms with van der Waals surface area (Å²) in [6, 6.07) is 6.26. The molecule has 1 fully saturated rings. The quantitative estimate of drug-likeness (QED) is 0.621. The van der Waals surface area contributed by atoms with Crippen LogP contribution in [0.3, 0.4) is 0 Å². The van der Waals surface area contributed by atoms with Crippen LogP contribution >= 0.6 is 0 Å². The lowest BCUT2D eigenvalue weighted by Crippen LogP contribution is -2.29. The van der Waals surface area contributed by atoms with Gasteiger partial charge in [-0.1, -0.05) is 25.3 Å². The van der Waals surface area contributed by atoms with E-state index in [9.17, 15) is 8.42 Å². The highest BCUT2D eigenvalue weighted by Crippen LogP contribution is 2.20. The second-order valence-electron chi connectivity index (χ2n) is 5.10. The van der Waals surface area contributed by atoms with Gasteiger partial charge in [-0.25, -0.2) is 13.1 Å². The number of rotatable bonds is 6. The van der Waals surface area contributed by atoms with Gasteiger partial charge in [0.1, 0.15) is 0 Å². The van der Waals surface area contributed by atoms with Gasteiger partial charge in [-0.2, -0.15) is 0 Å². The minimum Gasteiger partial charge on any atom is -0.399 e. The summed E-state index contributed by atoms with van der Waals surface area (Å²) < 4.78 is 32.2. The Balaban J connectivity index is 1.78. The topological polar surface area (TPSA) is 81.4 Å². The fourth-order valence-corrected chi connectivity index (χ4v) is 3.47. The predicted octanol–water partition coefficient (Wildman–Crippen LogP) is 1.90. The molecule has 2 rings (SSSR count). The molecule has 0 radical (unpaired) electrons. The first-order valence-corrected chi connectivity index (χ1v) is 8.53. The van der Waals surface area contributed by atoms with Crippen LogP contribution in [0.4, 0.5) is 5.69 Å². The summed E-state index contributed by atoms with van der Waals surface area (Å²) in [4.78, 5) is 0.190. The summed E-state index contributed by atoms with van der Waals surface area (Å²) in [6.45, 7) is 0.694. The number of benzene rings is 1. The van der Waals surface area contributed by atoms with Crippen LogP contribution in [0.2, 0.25) is 0 Å². The molecule has 6 heteroatoms. The third kappa shape index (κ3) is 4.47. The van der Waals surface area contributed by atoms with Gasteiger partial charge >= 0.3 is 0 Å². The molecular weight excluding hydrogens is 276 g/mol. The first kappa shape index (κ1) is 15.3. The zero-order valence-electron chi connectivity index (χ0n) is 11.5. The maximum Gasteiger partial charge on any atom is 0.240 e. The fourth-order valence-electron chi connectivity index (χ4n) is 2.40. The third-order valence-electron chi connectivity index (χ3n) is 3.47. The third-order valence-corrected chi connectivity index (χ3v) is 4.93. The number of anilines is 1. The number of sulfonamides is 1. The largest absolute Gasteiger partial charge is 0.399 e. The second kappa shape index (κ2) is 7.06. The van der Waals surface area contributed by atoms with E-state index in [0.29, 0.717) is 18.4 Å². The first-order valence-electron chi connectivity index (χ1n) is 7.05. The van der Waals surface area contributed by atoms with Crippen LogP contribution in [0.5, 0.6) is 0 Å². The maximum absolute atomic E-state index is 12.0. The number of hydrogen-bond donors (Lipinski definition) is 2. The van der Waals surface area contributed by atoms with Crippen LogP contribution in [0.15, 0.2) is 29.2 Å². The van der Waals surface area contributed by atoms with E-state index in [1.165, 1.54) is 31.4 Å². The molecular formula is C14H22N2O3S. The maximum atomic E-state index is 12.0. The lowest BCUT2D eigenvalue weighted by atomic mass is 9.98. The van der Waals surface area contributed by atoms with Gasteiger partial charge in [0.25, 0.3) is 0 Å².